The van der Waals surface area contributed by atoms with Crippen LogP contribution in [0.2, 0.25) is 0 Å². The molecule has 0 unspecified atom stereocenters. The van der Waals surface area contributed by atoms with Crippen LogP contribution < -0.4 is 10.2 Å². The number of aryl methyl sites for hydroxylation is 1. The van der Waals surface area contributed by atoms with Crippen molar-refractivity contribution in [3.05, 3.63) is 99.6 Å². The summed E-state index contributed by atoms with van der Waals surface area (Å²) in [4.78, 5) is 39.3. The second-order valence-electron chi connectivity index (χ2n) is 8.00. The smallest absolute Gasteiger partial charge is 0.322 e. The minimum Gasteiger partial charge on any atom is -0.322 e. The lowest BCUT2D eigenvalue weighted by atomic mass is 10.1. The molecule has 1 aliphatic heterocycles. The average Bonchev–Trinajstić information content (AvgIpc) is 2.81. The number of carbonyl (C=O) groups is 2. The number of amides is 3. The number of nitrogens with zero attached hydrogens (tertiary/aromatic N) is 3. The van der Waals surface area contributed by atoms with Crippen LogP contribution in [0, 0.1) is 17.0 Å². The van der Waals surface area contributed by atoms with Gasteiger partial charge in [-0.3, -0.25) is 19.8 Å². The average molecular weight is 444 g/mol. The zero-order valence-electron chi connectivity index (χ0n) is 18.2. The predicted octanol–water partition coefficient (Wildman–Crippen LogP) is 4.99. The molecule has 0 bridgehead atoms. The Balaban J connectivity index is 1.41. The predicted molar refractivity (Wildman–Crippen MR) is 126 cm³/mol. The van der Waals surface area contributed by atoms with Gasteiger partial charge in [-0.25, -0.2) is 4.79 Å². The molecule has 1 saturated heterocycles. The summed E-state index contributed by atoms with van der Waals surface area (Å²) in [6, 6.07) is 20.6. The van der Waals surface area contributed by atoms with Crippen LogP contribution in [0.3, 0.4) is 0 Å². The van der Waals surface area contributed by atoms with E-state index in [-0.39, 0.29) is 17.6 Å². The SMILES string of the molecule is Cc1cccc(CN2CCCN(c3ccc(NC(=O)c4ccc([N+](=O)[O-])cc4)cc3)C2=O)c1. The molecule has 1 aliphatic rings. The van der Waals surface area contributed by atoms with Crippen LogP contribution in [0.15, 0.2) is 72.8 Å². The molecule has 3 aromatic carbocycles. The number of carbonyl (C=O) groups excluding carboxylic acids is 2. The van der Waals surface area contributed by atoms with Crippen LogP contribution in [0.5, 0.6) is 0 Å². The van der Waals surface area contributed by atoms with E-state index in [4.69, 9.17) is 0 Å². The van der Waals surface area contributed by atoms with E-state index in [0.717, 1.165) is 17.7 Å². The van der Waals surface area contributed by atoms with Gasteiger partial charge in [0.15, 0.2) is 0 Å². The maximum atomic E-state index is 13.1. The van der Waals surface area contributed by atoms with Gasteiger partial charge in [0.25, 0.3) is 11.6 Å². The first kappa shape index (κ1) is 22.0. The summed E-state index contributed by atoms with van der Waals surface area (Å²) in [5.41, 5.74) is 3.86. The Labute approximate surface area is 191 Å². The Morgan fingerprint density at radius 2 is 1.76 bits per heavy atom. The van der Waals surface area contributed by atoms with E-state index in [1.807, 2.05) is 30.0 Å². The molecule has 33 heavy (non-hydrogen) atoms. The molecule has 1 fully saturated rings. The number of hydrogen-bond donors (Lipinski definition) is 1. The van der Waals surface area contributed by atoms with Gasteiger partial charge >= 0.3 is 6.03 Å². The third-order valence-electron chi connectivity index (χ3n) is 5.54. The van der Waals surface area contributed by atoms with Crippen molar-refractivity contribution in [3.8, 4) is 0 Å². The molecular weight excluding hydrogens is 420 g/mol. The number of nitrogens with one attached hydrogen (secondary N) is 1. The number of hydrogen-bond acceptors (Lipinski definition) is 4. The first-order valence-corrected chi connectivity index (χ1v) is 10.7. The van der Waals surface area contributed by atoms with E-state index >= 15 is 0 Å². The number of nitro groups is 1. The van der Waals surface area contributed by atoms with Crippen LogP contribution in [0.4, 0.5) is 21.9 Å². The summed E-state index contributed by atoms with van der Waals surface area (Å²) in [5.74, 6) is -0.365. The minimum absolute atomic E-state index is 0.0366. The van der Waals surface area contributed by atoms with E-state index in [9.17, 15) is 19.7 Å². The Bertz CT molecular complexity index is 1180. The maximum absolute atomic E-state index is 13.1. The molecule has 0 saturated carbocycles. The van der Waals surface area contributed by atoms with Gasteiger partial charge in [-0.1, -0.05) is 29.8 Å². The molecular formula is C25H24N4O4. The first-order valence-electron chi connectivity index (χ1n) is 10.7. The molecule has 3 aromatic rings. The summed E-state index contributed by atoms with van der Waals surface area (Å²) < 4.78 is 0. The van der Waals surface area contributed by atoms with Gasteiger partial charge in [0, 0.05) is 48.7 Å². The largest absolute Gasteiger partial charge is 0.324 e. The zero-order valence-corrected chi connectivity index (χ0v) is 18.2. The van der Waals surface area contributed by atoms with Crippen LogP contribution >= 0.6 is 0 Å². The number of rotatable bonds is 6. The highest BCUT2D eigenvalue weighted by atomic mass is 16.6. The van der Waals surface area contributed by atoms with E-state index in [2.05, 4.69) is 11.4 Å². The van der Waals surface area contributed by atoms with Crippen LogP contribution in [-0.4, -0.2) is 34.9 Å². The fraction of sp³-hybridized carbons (Fsp3) is 0.200. The first-order chi connectivity index (χ1) is 15.9. The lowest BCUT2D eigenvalue weighted by Crippen LogP contribution is -2.49. The summed E-state index contributed by atoms with van der Waals surface area (Å²) in [5, 5.41) is 13.5. The summed E-state index contributed by atoms with van der Waals surface area (Å²) in [7, 11) is 0. The lowest BCUT2D eigenvalue weighted by molar-refractivity contribution is -0.384. The van der Waals surface area contributed by atoms with Gasteiger partial charge < -0.3 is 10.2 Å². The topological polar surface area (TPSA) is 95.8 Å². The fourth-order valence-electron chi connectivity index (χ4n) is 3.86. The number of anilines is 2. The van der Waals surface area contributed by atoms with Crippen molar-refractivity contribution >= 4 is 29.0 Å². The van der Waals surface area contributed by atoms with E-state index in [1.54, 1.807) is 29.2 Å². The Hall–Kier alpha value is -4.20. The third kappa shape index (κ3) is 5.17. The fourth-order valence-corrected chi connectivity index (χ4v) is 3.86. The van der Waals surface area contributed by atoms with Crippen molar-refractivity contribution in [1.29, 1.82) is 0 Å². The van der Waals surface area contributed by atoms with Gasteiger partial charge in [0.2, 0.25) is 0 Å². The molecule has 3 amide bonds. The third-order valence-corrected chi connectivity index (χ3v) is 5.54. The summed E-state index contributed by atoms with van der Waals surface area (Å²) in [6.07, 6.45) is 0.871. The second-order valence-corrected chi connectivity index (χ2v) is 8.00. The van der Waals surface area contributed by atoms with Crippen molar-refractivity contribution in [1.82, 2.24) is 4.90 Å². The van der Waals surface area contributed by atoms with Gasteiger partial charge in [0.05, 0.1) is 4.92 Å². The highest BCUT2D eigenvalue weighted by Crippen LogP contribution is 2.24. The van der Waals surface area contributed by atoms with Gasteiger partial charge in [-0.05, 0) is 55.3 Å². The molecule has 0 aliphatic carbocycles. The maximum Gasteiger partial charge on any atom is 0.324 e. The molecule has 1 heterocycles. The molecule has 8 nitrogen and oxygen atoms in total. The minimum atomic E-state index is -0.510. The van der Waals surface area contributed by atoms with Crippen molar-refractivity contribution in [2.75, 3.05) is 23.3 Å². The normalized spacial score (nSPS) is 13.7. The number of benzene rings is 3. The van der Waals surface area contributed by atoms with Crippen LogP contribution in [-0.2, 0) is 6.54 Å². The molecule has 0 atom stereocenters. The number of urea groups is 1. The number of nitro benzene ring substituents is 1. The Morgan fingerprint density at radius 3 is 2.42 bits per heavy atom. The van der Waals surface area contributed by atoms with E-state index < -0.39 is 4.92 Å². The van der Waals surface area contributed by atoms with Gasteiger partial charge in [-0.2, -0.15) is 0 Å². The monoisotopic (exact) mass is 444 g/mol. The van der Waals surface area contributed by atoms with Crippen LogP contribution in [0.1, 0.15) is 27.9 Å². The molecule has 168 valence electrons. The highest BCUT2D eigenvalue weighted by molar-refractivity contribution is 6.04. The molecule has 1 N–H and O–H groups in total. The van der Waals surface area contributed by atoms with Crippen molar-refractivity contribution in [2.45, 2.75) is 19.9 Å². The molecule has 4 rings (SSSR count). The molecule has 0 spiro atoms. The molecule has 0 radical (unpaired) electrons. The van der Waals surface area contributed by atoms with E-state index in [1.165, 1.54) is 29.8 Å². The standard InChI is InChI=1S/C25H24N4O4/c1-18-4-2-5-19(16-18)17-27-14-3-15-28(25(27)31)22-12-8-21(9-13-22)26-24(30)20-6-10-23(11-7-20)29(32)33/h2,4-13,16H,3,14-15,17H2,1H3,(H,26,30). The Kier molecular flexibility index (Phi) is 6.35. The van der Waals surface area contributed by atoms with Crippen molar-refractivity contribution in [2.24, 2.45) is 0 Å². The summed E-state index contributed by atoms with van der Waals surface area (Å²) in [6.45, 7) is 3.96. The van der Waals surface area contributed by atoms with E-state index in [0.29, 0.717) is 30.9 Å². The number of non-ortho nitro benzene ring substituents is 1. The van der Waals surface area contributed by atoms with Gasteiger partial charge in [0.1, 0.15) is 0 Å². The molecule has 0 aromatic heterocycles. The zero-order chi connectivity index (χ0) is 23.4. The highest BCUT2D eigenvalue weighted by Gasteiger charge is 2.26. The van der Waals surface area contributed by atoms with Crippen molar-refractivity contribution < 1.29 is 14.5 Å². The lowest BCUT2D eigenvalue weighted by Gasteiger charge is -2.35. The molecule has 8 heteroatoms. The van der Waals surface area contributed by atoms with Crippen molar-refractivity contribution in [3.63, 3.8) is 0 Å². The van der Waals surface area contributed by atoms with Gasteiger partial charge in [-0.15, -0.1) is 0 Å². The van der Waals surface area contributed by atoms with Crippen LogP contribution in [0.25, 0.3) is 0 Å². The quantitative estimate of drug-likeness (QED) is 0.428. The second kappa shape index (κ2) is 9.52. The summed E-state index contributed by atoms with van der Waals surface area (Å²) >= 11 is 0. The Morgan fingerprint density at radius 1 is 1.03 bits per heavy atom.